The number of nitrogens with zero attached hydrogens (tertiary/aromatic N) is 3. The number of thiophene rings is 1. The predicted molar refractivity (Wildman–Crippen MR) is 115 cm³/mol. The molecule has 0 radical (unpaired) electrons. The molecule has 4 nitrogen and oxygen atoms in total. The zero-order valence-corrected chi connectivity index (χ0v) is 17.0. The molecule has 0 amide bonds. The molecule has 0 saturated carbocycles. The Hall–Kier alpha value is -2.50. The van der Waals surface area contributed by atoms with Gasteiger partial charge in [-0.3, -0.25) is 4.90 Å². The van der Waals surface area contributed by atoms with E-state index in [1.807, 2.05) is 0 Å². The summed E-state index contributed by atoms with van der Waals surface area (Å²) in [4.78, 5) is 13.9. The zero-order valence-electron chi connectivity index (χ0n) is 16.2. The maximum absolute atomic E-state index is 6.26. The van der Waals surface area contributed by atoms with E-state index in [-0.39, 0.29) is 6.04 Å². The van der Waals surface area contributed by atoms with Gasteiger partial charge in [0.15, 0.2) is 0 Å². The summed E-state index contributed by atoms with van der Waals surface area (Å²) in [7, 11) is 2.11. The smallest absolute Gasteiger partial charge is 0.149 e. The molecule has 27 heavy (non-hydrogen) atoms. The molecule has 5 heteroatoms. The van der Waals surface area contributed by atoms with Gasteiger partial charge in [-0.05, 0) is 55.8 Å². The number of nitrogens with two attached hydrogens (primary N) is 1. The average molecular weight is 377 g/mol. The second-order valence-electron chi connectivity index (χ2n) is 7.20. The summed E-state index contributed by atoms with van der Waals surface area (Å²) < 4.78 is 0. The summed E-state index contributed by atoms with van der Waals surface area (Å²) in [6, 6.07) is 15.1. The fraction of sp³-hybridized carbons (Fsp3) is 0.273. The van der Waals surface area contributed by atoms with Gasteiger partial charge in [-0.15, -0.1) is 11.3 Å². The van der Waals surface area contributed by atoms with Crippen molar-refractivity contribution in [3.05, 3.63) is 64.3 Å². The molecule has 2 aromatic carbocycles. The topological polar surface area (TPSA) is 55.0 Å². The summed E-state index contributed by atoms with van der Waals surface area (Å²) in [5, 5.41) is 3.54. The predicted octanol–water partition coefficient (Wildman–Crippen LogP) is 5.24. The lowest BCUT2D eigenvalue weighted by molar-refractivity contribution is 0.244. The molecule has 2 heterocycles. The molecule has 4 aromatic rings. The van der Waals surface area contributed by atoms with Crippen LogP contribution in [0.2, 0.25) is 0 Å². The first-order chi connectivity index (χ1) is 12.9. The van der Waals surface area contributed by atoms with Crippen LogP contribution in [0.15, 0.2) is 42.5 Å². The Balaban J connectivity index is 1.61. The first-order valence-electron chi connectivity index (χ1n) is 9.15. The van der Waals surface area contributed by atoms with Gasteiger partial charge < -0.3 is 5.73 Å². The van der Waals surface area contributed by atoms with Gasteiger partial charge in [0.1, 0.15) is 16.5 Å². The van der Waals surface area contributed by atoms with E-state index in [0.29, 0.717) is 5.82 Å². The quantitative estimate of drug-likeness (QED) is 0.529. The molecule has 1 atom stereocenters. The van der Waals surface area contributed by atoms with Crippen LogP contribution in [0.3, 0.4) is 0 Å². The van der Waals surface area contributed by atoms with E-state index in [1.165, 1.54) is 26.8 Å². The average Bonchev–Trinajstić information content (AvgIpc) is 2.95. The van der Waals surface area contributed by atoms with Crippen LogP contribution in [-0.4, -0.2) is 21.9 Å². The molecule has 0 aliphatic carbocycles. The van der Waals surface area contributed by atoms with Crippen molar-refractivity contribution in [1.29, 1.82) is 0 Å². The van der Waals surface area contributed by atoms with Crippen molar-refractivity contribution in [1.82, 2.24) is 14.9 Å². The van der Waals surface area contributed by atoms with Crippen molar-refractivity contribution in [2.45, 2.75) is 33.4 Å². The molecule has 2 N–H and O–H groups in total. The van der Waals surface area contributed by atoms with Gasteiger partial charge in [0.2, 0.25) is 0 Å². The minimum Gasteiger partial charge on any atom is -0.383 e. The Morgan fingerprint density at radius 3 is 2.59 bits per heavy atom. The number of rotatable bonds is 4. The monoisotopic (exact) mass is 376 g/mol. The second kappa shape index (κ2) is 6.91. The van der Waals surface area contributed by atoms with Crippen LogP contribution in [0.25, 0.3) is 21.0 Å². The van der Waals surface area contributed by atoms with Gasteiger partial charge >= 0.3 is 0 Å². The Kier molecular flexibility index (Phi) is 4.58. The number of aryl methyl sites for hydroxylation is 2. The minimum atomic E-state index is 0.0749. The van der Waals surface area contributed by atoms with E-state index in [2.05, 4.69) is 80.2 Å². The lowest BCUT2D eigenvalue weighted by Crippen LogP contribution is -2.24. The Bertz CT molecular complexity index is 1130. The lowest BCUT2D eigenvalue weighted by Gasteiger charge is -2.24. The van der Waals surface area contributed by atoms with Gasteiger partial charge in [-0.25, -0.2) is 9.97 Å². The molecular weight excluding hydrogens is 352 g/mol. The Morgan fingerprint density at radius 1 is 1.07 bits per heavy atom. The largest absolute Gasteiger partial charge is 0.383 e. The number of benzene rings is 2. The van der Waals surface area contributed by atoms with E-state index in [1.54, 1.807) is 11.3 Å². The van der Waals surface area contributed by atoms with Crippen molar-refractivity contribution in [3.63, 3.8) is 0 Å². The summed E-state index contributed by atoms with van der Waals surface area (Å²) in [5.74, 6) is 1.37. The molecule has 0 bridgehead atoms. The molecule has 138 valence electrons. The number of hydrogen-bond donors (Lipinski definition) is 1. The molecule has 0 saturated heterocycles. The van der Waals surface area contributed by atoms with E-state index in [0.717, 1.165) is 22.6 Å². The highest BCUT2D eigenvalue weighted by molar-refractivity contribution is 7.18. The summed E-state index contributed by atoms with van der Waals surface area (Å²) in [5.41, 5.74) is 8.73. The molecule has 4 rings (SSSR count). The van der Waals surface area contributed by atoms with E-state index < -0.39 is 0 Å². The van der Waals surface area contributed by atoms with Crippen LogP contribution in [-0.2, 0) is 6.54 Å². The van der Waals surface area contributed by atoms with Crippen LogP contribution in [0.1, 0.15) is 34.8 Å². The number of aromatic nitrogens is 2. The fourth-order valence-corrected chi connectivity index (χ4v) is 4.49. The van der Waals surface area contributed by atoms with Crippen molar-refractivity contribution in [2.75, 3.05) is 12.8 Å². The van der Waals surface area contributed by atoms with Crippen molar-refractivity contribution in [3.8, 4) is 0 Å². The second-order valence-corrected chi connectivity index (χ2v) is 8.41. The highest BCUT2D eigenvalue weighted by Gasteiger charge is 2.19. The summed E-state index contributed by atoms with van der Waals surface area (Å²) in [6.07, 6.45) is 0. The highest BCUT2D eigenvalue weighted by atomic mass is 32.1. The van der Waals surface area contributed by atoms with Crippen molar-refractivity contribution in [2.24, 2.45) is 0 Å². The first-order valence-corrected chi connectivity index (χ1v) is 9.96. The van der Waals surface area contributed by atoms with Gasteiger partial charge in [-0.1, -0.05) is 36.4 Å². The van der Waals surface area contributed by atoms with Crippen LogP contribution < -0.4 is 5.73 Å². The number of fused-ring (bicyclic) bond motifs is 2. The minimum absolute atomic E-state index is 0.0749. The lowest BCUT2D eigenvalue weighted by atomic mass is 10.1. The summed E-state index contributed by atoms with van der Waals surface area (Å²) >= 11 is 1.69. The van der Waals surface area contributed by atoms with Gasteiger partial charge in [-0.2, -0.15) is 0 Å². The number of hydrogen-bond acceptors (Lipinski definition) is 5. The van der Waals surface area contributed by atoms with Crippen molar-refractivity contribution >= 4 is 38.1 Å². The third-order valence-electron chi connectivity index (χ3n) is 5.35. The third-order valence-corrected chi connectivity index (χ3v) is 6.46. The first kappa shape index (κ1) is 17.9. The Morgan fingerprint density at radius 2 is 1.81 bits per heavy atom. The number of nitrogen functional groups attached to an aromatic ring is 1. The van der Waals surface area contributed by atoms with Crippen LogP contribution in [0.4, 0.5) is 5.82 Å². The van der Waals surface area contributed by atoms with Gasteiger partial charge in [0.25, 0.3) is 0 Å². The molecule has 0 spiro atoms. The molecule has 0 fully saturated rings. The molecule has 0 unspecified atom stereocenters. The van der Waals surface area contributed by atoms with Crippen LogP contribution in [0, 0.1) is 13.8 Å². The SMILES string of the molecule is Cc1sc2nc([C@@H](C)N(C)Cc3ccc4ccccc4c3)nc(N)c2c1C. The van der Waals surface area contributed by atoms with Crippen LogP contribution in [0.5, 0.6) is 0 Å². The zero-order chi connectivity index (χ0) is 19.1. The van der Waals surface area contributed by atoms with E-state index in [9.17, 15) is 0 Å². The van der Waals surface area contributed by atoms with E-state index >= 15 is 0 Å². The normalized spacial score (nSPS) is 12.9. The van der Waals surface area contributed by atoms with Crippen molar-refractivity contribution < 1.29 is 0 Å². The third kappa shape index (κ3) is 3.29. The standard InChI is InChI=1S/C22H24N4S/c1-13-15(3)27-22-19(13)20(23)24-21(25-22)14(2)26(4)12-16-9-10-17-7-5-6-8-18(17)11-16/h5-11,14H,12H2,1-4H3,(H2,23,24,25)/t14-/m1/s1. The Labute approximate surface area is 163 Å². The fourth-order valence-electron chi connectivity index (χ4n) is 3.44. The molecule has 0 aliphatic heterocycles. The molecule has 2 aromatic heterocycles. The van der Waals surface area contributed by atoms with Gasteiger partial charge in [0.05, 0.1) is 11.4 Å². The number of anilines is 1. The maximum atomic E-state index is 6.26. The maximum Gasteiger partial charge on any atom is 0.149 e. The molecule has 0 aliphatic rings. The highest BCUT2D eigenvalue weighted by Crippen LogP contribution is 2.33. The molecular formula is C22H24N4S. The van der Waals surface area contributed by atoms with Crippen LogP contribution >= 0.6 is 11.3 Å². The van der Waals surface area contributed by atoms with E-state index in [4.69, 9.17) is 10.7 Å². The van der Waals surface area contributed by atoms with Gasteiger partial charge in [0, 0.05) is 11.4 Å². The summed E-state index contributed by atoms with van der Waals surface area (Å²) in [6.45, 7) is 7.16.